The van der Waals surface area contributed by atoms with Crippen LogP contribution in [0.5, 0.6) is 5.75 Å². The number of rotatable bonds is 5. The van der Waals surface area contributed by atoms with E-state index in [1.807, 2.05) is 50.2 Å². The van der Waals surface area contributed by atoms with E-state index in [2.05, 4.69) is 26.2 Å². The smallest absolute Gasteiger partial charge is 0.253 e. The maximum absolute atomic E-state index is 13.3. The monoisotopic (exact) mass is 554 g/mol. The third kappa shape index (κ3) is 6.95. The van der Waals surface area contributed by atoms with Gasteiger partial charge in [-0.1, -0.05) is 37.2 Å². The summed E-state index contributed by atoms with van der Waals surface area (Å²) in [6.45, 7) is 5.44. The van der Waals surface area contributed by atoms with Crippen LogP contribution in [0.25, 0.3) is 11.1 Å². The molecule has 1 aliphatic rings. The molecule has 0 saturated carbocycles. The van der Waals surface area contributed by atoms with Gasteiger partial charge in [-0.15, -0.1) is 0 Å². The summed E-state index contributed by atoms with van der Waals surface area (Å²) < 4.78 is 11.6. The van der Waals surface area contributed by atoms with Crippen molar-refractivity contribution in [3.05, 3.63) is 89.6 Å². The van der Waals surface area contributed by atoms with Gasteiger partial charge < -0.3 is 19.1 Å². The molecule has 3 heterocycles. The number of fused-ring (bicyclic) bond motifs is 3. The number of nitrogens with zero attached hydrogens (tertiary/aromatic N) is 6. The third-order valence-corrected chi connectivity index (χ3v) is 7.10. The molecule has 10 heteroatoms. The quantitative estimate of drug-likeness (QED) is 0.361. The van der Waals surface area contributed by atoms with Crippen LogP contribution in [0, 0.1) is 0 Å². The average molecular weight is 555 g/mol. The molecule has 2 aromatic carbocycles. The second-order valence-corrected chi connectivity index (χ2v) is 10.5. The van der Waals surface area contributed by atoms with E-state index in [9.17, 15) is 9.59 Å². The first-order valence-electron chi connectivity index (χ1n) is 13.8. The van der Waals surface area contributed by atoms with Gasteiger partial charge in [0.2, 0.25) is 11.8 Å². The molecule has 0 saturated heterocycles. The highest BCUT2D eigenvalue weighted by Gasteiger charge is 2.20. The molecule has 0 atom stereocenters. The summed E-state index contributed by atoms with van der Waals surface area (Å²) in [6, 6.07) is 13.6. The van der Waals surface area contributed by atoms with E-state index in [-0.39, 0.29) is 24.2 Å². The summed E-state index contributed by atoms with van der Waals surface area (Å²) in [6.07, 6.45) is 6.20. The summed E-state index contributed by atoms with van der Waals surface area (Å²) in [5, 5.41) is 3.99. The number of aryl methyl sites for hydroxylation is 1. The Bertz CT molecular complexity index is 1500. The van der Waals surface area contributed by atoms with Crippen molar-refractivity contribution in [2.24, 2.45) is 0 Å². The number of aromatic nitrogens is 4. The minimum Gasteiger partial charge on any atom is -0.491 e. The zero-order valence-electron chi connectivity index (χ0n) is 23.6. The summed E-state index contributed by atoms with van der Waals surface area (Å²) in [5.74, 6) is 1.81. The zero-order valence-corrected chi connectivity index (χ0v) is 23.6. The second kappa shape index (κ2) is 12.7. The molecule has 0 unspecified atom stereocenters. The Morgan fingerprint density at radius 1 is 1.00 bits per heavy atom. The van der Waals surface area contributed by atoms with Crippen molar-refractivity contribution in [2.75, 3.05) is 33.3 Å². The van der Waals surface area contributed by atoms with Crippen molar-refractivity contribution in [3.63, 3.8) is 0 Å². The van der Waals surface area contributed by atoms with Crippen LogP contribution in [0.4, 0.5) is 0 Å². The first-order chi connectivity index (χ1) is 19.9. The van der Waals surface area contributed by atoms with E-state index in [0.717, 1.165) is 28.0 Å². The lowest BCUT2D eigenvalue weighted by atomic mass is 9.98. The van der Waals surface area contributed by atoms with Crippen LogP contribution in [-0.4, -0.2) is 75.0 Å². The molecule has 0 fully saturated rings. The normalized spacial score (nSPS) is 14.4. The van der Waals surface area contributed by atoms with Crippen molar-refractivity contribution < 1.29 is 18.8 Å². The van der Waals surface area contributed by atoms with E-state index in [1.165, 1.54) is 6.33 Å². The van der Waals surface area contributed by atoms with E-state index in [1.54, 1.807) is 29.2 Å². The van der Waals surface area contributed by atoms with E-state index < -0.39 is 0 Å². The molecule has 0 spiro atoms. The van der Waals surface area contributed by atoms with Gasteiger partial charge in [-0.05, 0) is 41.0 Å². The highest BCUT2D eigenvalue weighted by Crippen LogP contribution is 2.29. The molecule has 2 aromatic heterocycles. The van der Waals surface area contributed by atoms with Gasteiger partial charge in [0, 0.05) is 68.8 Å². The average Bonchev–Trinajstić information content (AvgIpc) is 3.47. The SMILES string of the molecule is CC(C)c1noc(CCC(=O)N2CCOc3ccc(-c4cncnc4)cc3Cc3cccc(c3)C(=O)N(C)CC2)n1. The second-order valence-electron chi connectivity index (χ2n) is 10.5. The lowest BCUT2D eigenvalue weighted by Crippen LogP contribution is -2.41. The molecule has 0 radical (unpaired) electrons. The minimum absolute atomic E-state index is 0.0625. The van der Waals surface area contributed by atoms with Gasteiger partial charge in [0.25, 0.3) is 5.91 Å². The van der Waals surface area contributed by atoms with Crippen molar-refractivity contribution in [3.8, 4) is 16.9 Å². The molecule has 2 amide bonds. The Balaban J connectivity index is 1.38. The highest BCUT2D eigenvalue weighted by atomic mass is 16.5. The Labute approximate surface area is 239 Å². The number of amides is 2. The summed E-state index contributed by atoms with van der Waals surface area (Å²) in [7, 11) is 1.76. The zero-order chi connectivity index (χ0) is 28.8. The molecule has 0 aliphatic carbocycles. The van der Waals surface area contributed by atoms with Crippen molar-refractivity contribution in [2.45, 2.75) is 39.0 Å². The van der Waals surface area contributed by atoms with Crippen LogP contribution < -0.4 is 4.74 Å². The first kappa shape index (κ1) is 27.9. The molecule has 0 N–H and O–H groups in total. The molecule has 1 aliphatic heterocycles. The molecule has 2 bridgehead atoms. The predicted octanol–water partition coefficient (Wildman–Crippen LogP) is 4.17. The first-order valence-corrected chi connectivity index (χ1v) is 13.8. The van der Waals surface area contributed by atoms with Gasteiger partial charge in [-0.25, -0.2) is 9.97 Å². The van der Waals surface area contributed by atoms with Crippen LogP contribution in [-0.2, 0) is 17.6 Å². The molecular weight excluding hydrogens is 520 g/mol. The maximum Gasteiger partial charge on any atom is 0.253 e. The Hall–Kier alpha value is -4.60. The topological polar surface area (TPSA) is 115 Å². The minimum atomic E-state index is -0.0879. The van der Waals surface area contributed by atoms with Crippen LogP contribution in [0.2, 0.25) is 0 Å². The van der Waals surface area contributed by atoms with Crippen LogP contribution >= 0.6 is 0 Å². The van der Waals surface area contributed by atoms with Crippen LogP contribution in [0.3, 0.4) is 0 Å². The number of benzene rings is 2. The lowest BCUT2D eigenvalue weighted by molar-refractivity contribution is -0.131. The molecule has 41 heavy (non-hydrogen) atoms. The van der Waals surface area contributed by atoms with Gasteiger partial charge in [0.05, 0.1) is 6.54 Å². The summed E-state index contributed by atoms with van der Waals surface area (Å²) in [5.41, 5.74) is 4.45. The van der Waals surface area contributed by atoms with Crippen molar-refractivity contribution in [1.29, 1.82) is 0 Å². The van der Waals surface area contributed by atoms with Gasteiger partial charge in [0.15, 0.2) is 5.82 Å². The fraction of sp³-hybridized carbons (Fsp3) is 0.355. The standard InChI is InChI=1S/C31H34N6O4/c1-21(2)30-34-28(41-35-30)9-10-29(38)37-12-11-36(3)31(39)24-6-4-5-22(15-24)16-25-17-23(26-18-32-20-33-19-26)7-8-27(25)40-14-13-37/h4-8,15,17-21H,9-14,16H2,1-3H3. The van der Waals surface area contributed by atoms with Gasteiger partial charge >= 0.3 is 0 Å². The number of carbonyl (C=O) groups excluding carboxylic acids is 2. The predicted molar refractivity (Wildman–Crippen MR) is 152 cm³/mol. The number of hydrogen-bond acceptors (Lipinski definition) is 8. The highest BCUT2D eigenvalue weighted by molar-refractivity contribution is 5.94. The van der Waals surface area contributed by atoms with Crippen molar-refractivity contribution >= 4 is 11.8 Å². The molecule has 5 rings (SSSR count). The van der Waals surface area contributed by atoms with E-state index in [4.69, 9.17) is 9.26 Å². The fourth-order valence-electron chi connectivity index (χ4n) is 4.72. The number of hydrogen-bond donors (Lipinski definition) is 0. The molecule has 4 aromatic rings. The fourth-order valence-corrected chi connectivity index (χ4v) is 4.72. The Morgan fingerprint density at radius 2 is 1.83 bits per heavy atom. The van der Waals surface area contributed by atoms with Gasteiger partial charge in [0.1, 0.15) is 18.7 Å². The van der Waals surface area contributed by atoms with E-state index >= 15 is 0 Å². The molecule has 212 valence electrons. The number of carbonyl (C=O) groups is 2. The Morgan fingerprint density at radius 3 is 2.61 bits per heavy atom. The van der Waals surface area contributed by atoms with Crippen LogP contribution in [0.1, 0.15) is 59.4 Å². The lowest BCUT2D eigenvalue weighted by Gasteiger charge is -2.27. The maximum atomic E-state index is 13.3. The van der Waals surface area contributed by atoms with Gasteiger partial charge in [-0.3, -0.25) is 9.59 Å². The number of ether oxygens (including phenoxy) is 1. The Kier molecular flexibility index (Phi) is 8.67. The largest absolute Gasteiger partial charge is 0.491 e. The van der Waals surface area contributed by atoms with Crippen molar-refractivity contribution in [1.82, 2.24) is 29.9 Å². The summed E-state index contributed by atoms with van der Waals surface area (Å²) >= 11 is 0. The summed E-state index contributed by atoms with van der Waals surface area (Å²) in [4.78, 5) is 42.6. The number of likely N-dealkylation sites (N-methyl/N-ethyl adjacent to an activating group) is 1. The molecule has 10 nitrogen and oxygen atoms in total. The van der Waals surface area contributed by atoms with E-state index in [0.29, 0.717) is 56.4 Å². The van der Waals surface area contributed by atoms with Gasteiger partial charge in [-0.2, -0.15) is 4.98 Å². The third-order valence-electron chi connectivity index (χ3n) is 7.10. The van der Waals surface area contributed by atoms with Crippen LogP contribution in [0.15, 0.2) is 65.7 Å². The molecular formula is C31H34N6O4.